The number of nitrogens with zero attached hydrogens (tertiary/aromatic N) is 2. The van der Waals surface area contributed by atoms with E-state index in [1.54, 1.807) is 31.4 Å². The predicted octanol–water partition coefficient (Wildman–Crippen LogP) is 1.31. The van der Waals surface area contributed by atoms with Gasteiger partial charge in [0.15, 0.2) is 0 Å². The number of rotatable bonds is 5. The highest BCUT2D eigenvalue weighted by Gasteiger charge is 2.34. The molecular weight excluding hydrogens is 366 g/mol. The number of hydrogen-bond acceptors (Lipinski definition) is 5. The van der Waals surface area contributed by atoms with Crippen LogP contribution in [0.5, 0.6) is 5.75 Å². The first-order chi connectivity index (χ1) is 12.9. The number of sulfonamides is 1. The maximum atomic E-state index is 12.9. The molecule has 0 aromatic heterocycles. The molecule has 0 bridgehead atoms. The van der Waals surface area contributed by atoms with Gasteiger partial charge >= 0.3 is 0 Å². The zero-order chi connectivity index (χ0) is 19.4. The first-order valence-corrected chi connectivity index (χ1v) is 11.0. The van der Waals surface area contributed by atoms with Gasteiger partial charge in [0.25, 0.3) is 0 Å². The molecule has 8 heteroatoms. The van der Waals surface area contributed by atoms with E-state index in [1.807, 2.05) is 0 Å². The summed E-state index contributed by atoms with van der Waals surface area (Å²) in [5.74, 6) is 0.314. The number of nitrogens with one attached hydrogen (secondary N) is 1. The summed E-state index contributed by atoms with van der Waals surface area (Å²) in [6, 6.07) is 6.58. The van der Waals surface area contributed by atoms with Crippen LogP contribution < -0.4 is 10.1 Å². The Morgan fingerprint density at radius 2 is 1.78 bits per heavy atom. The van der Waals surface area contributed by atoms with Crippen LogP contribution in [0.15, 0.2) is 29.2 Å². The molecule has 0 radical (unpaired) electrons. The van der Waals surface area contributed by atoms with E-state index >= 15 is 0 Å². The van der Waals surface area contributed by atoms with Crippen molar-refractivity contribution in [3.63, 3.8) is 0 Å². The van der Waals surface area contributed by atoms with Crippen molar-refractivity contribution in [2.45, 2.75) is 36.6 Å². The van der Waals surface area contributed by atoms with Crippen LogP contribution in [-0.2, 0) is 14.8 Å². The highest BCUT2D eigenvalue weighted by molar-refractivity contribution is 7.89. The summed E-state index contributed by atoms with van der Waals surface area (Å²) in [6.45, 7) is 2.65. The lowest BCUT2D eigenvalue weighted by atomic mass is 9.97. The predicted molar refractivity (Wildman–Crippen MR) is 103 cm³/mol. The van der Waals surface area contributed by atoms with Gasteiger partial charge in [-0.25, -0.2) is 8.42 Å². The van der Waals surface area contributed by atoms with Gasteiger partial charge in [0.1, 0.15) is 5.75 Å². The summed E-state index contributed by atoms with van der Waals surface area (Å²) in [5.41, 5.74) is 0. The molecule has 2 aliphatic rings. The fraction of sp³-hybridized carbons (Fsp3) is 0.632. The van der Waals surface area contributed by atoms with Gasteiger partial charge in [0, 0.05) is 19.1 Å². The summed E-state index contributed by atoms with van der Waals surface area (Å²) < 4.78 is 32.4. The van der Waals surface area contributed by atoms with Crippen LogP contribution in [0.3, 0.4) is 0 Å². The largest absolute Gasteiger partial charge is 0.497 e. The summed E-state index contributed by atoms with van der Waals surface area (Å²) >= 11 is 0. The molecule has 2 aliphatic heterocycles. The molecule has 0 saturated carbocycles. The summed E-state index contributed by atoms with van der Waals surface area (Å²) in [5, 5.41) is 3.13. The van der Waals surface area contributed by atoms with Crippen LogP contribution >= 0.6 is 0 Å². The number of methoxy groups -OCH3 is 1. The van der Waals surface area contributed by atoms with Crippen LogP contribution in [0.1, 0.15) is 25.7 Å². The van der Waals surface area contributed by atoms with Gasteiger partial charge in [-0.1, -0.05) is 0 Å². The Hall–Kier alpha value is -1.64. The molecule has 1 aromatic rings. The number of benzene rings is 1. The van der Waals surface area contributed by atoms with E-state index in [-0.39, 0.29) is 29.3 Å². The first-order valence-electron chi connectivity index (χ1n) is 9.53. The van der Waals surface area contributed by atoms with E-state index in [1.165, 1.54) is 4.31 Å². The molecule has 1 aromatic carbocycles. The monoisotopic (exact) mass is 395 g/mol. The van der Waals surface area contributed by atoms with Gasteiger partial charge in [0.05, 0.1) is 17.9 Å². The van der Waals surface area contributed by atoms with Crippen LogP contribution in [0, 0.1) is 5.92 Å². The Morgan fingerprint density at radius 1 is 1.11 bits per heavy atom. The van der Waals surface area contributed by atoms with E-state index in [0.717, 1.165) is 32.4 Å². The van der Waals surface area contributed by atoms with Gasteiger partial charge in [-0.3, -0.25) is 4.79 Å². The zero-order valence-corrected chi connectivity index (χ0v) is 16.9. The number of carbonyl (C=O) groups is 1. The fourth-order valence-corrected chi connectivity index (χ4v) is 5.27. The molecule has 2 heterocycles. The lowest BCUT2D eigenvalue weighted by Crippen LogP contribution is -2.49. The lowest BCUT2D eigenvalue weighted by Gasteiger charge is -2.34. The maximum Gasteiger partial charge on any atom is 0.243 e. The number of piperidine rings is 2. The highest BCUT2D eigenvalue weighted by atomic mass is 32.2. The number of hydrogen-bond donors (Lipinski definition) is 1. The second-order valence-corrected chi connectivity index (χ2v) is 9.40. The first kappa shape index (κ1) is 20.1. The average Bonchev–Trinajstić information content (AvgIpc) is 2.70. The summed E-state index contributed by atoms with van der Waals surface area (Å²) in [6.07, 6.45) is 3.32. The van der Waals surface area contributed by atoms with E-state index in [0.29, 0.717) is 18.7 Å². The third-order valence-electron chi connectivity index (χ3n) is 5.52. The number of carbonyl (C=O) groups excluding carboxylic acids is 1. The van der Waals surface area contributed by atoms with E-state index < -0.39 is 10.0 Å². The van der Waals surface area contributed by atoms with Gasteiger partial charge in [0.2, 0.25) is 15.9 Å². The summed E-state index contributed by atoms with van der Waals surface area (Å²) in [7, 11) is 0.0251. The average molecular weight is 396 g/mol. The molecule has 1 amide bonds. The Labute approximate surface area is 161 Å². The minimum atomic E-state index is -3.60. The molecule has 27 heavy (non-hydrogen) atoms. The molecule has 7 nitrogen and oxygen atoms in total. The standard InChI is InChI=1S/C19H29N3O4S/c1-21-12-9-16(10-13-21)20-19(23)15-4-3-11-22(14-15)27(24,25)18-7-5-17(26-2)6-8-18/h5-8,15-16H,3-4,9-14H2,1-2H3,(H,20,23)/t15-/m1/s1. The molecule has 2 fully saturated rings. The molecule has 1 atom stereocenters. The molecule has 0 spiro atoms. The number of amides is 1. The van der Waals surface area contributed by atoms with Crippen molar-refractivity contribution in [1.82, 2.24) is 14.5 Å². The van der Waals surface area contributed by atoms with E-state index in [9.17, 15) is 13.2 Å². The normalized spacial score (nSPS) is 23.1. The van der Waals surface area contributed by atoms with Crippen molar-refractivity contribution in [3.8, 4) is 5.75 Å². The van der Waals surface area contributed by atoms with Crippen LogP contribution in [0.4, 0.5) is 0 Å². The number of ether oxygens (including phenoxy) is 1. The minimum Gasteiger partial charge on any atom is -0.497 e. The summed E-state index contributed by atoms with van der Waals surface area (Å²) in [4.78, 5) is 15.2. The van der Waals surface area contributed by atoms with E-state index in [4.69, 9.17) is 4.74 Å². The van der Waals surface area contributed by atoms with Gasteiger partial charge in [-0.2, -0.15) is 4.31 Å². The van der Waals surface area contributed by atoms with Crippen molar-refractivity contribution in [2.24, 2.45) is 5.92 Å². The Bertz CT molecular complexity index is 743. The van der Waals surface area contributed by atoms with Crippen molar-refractivity contribution < 1.29 is 17.9 Å². The molecule has 0 aliphatic carbocycles. The Kier molecular flexibility index (Phi) is 6.39. The molecule has 0 unspecified atom stereocenters. The van der Waals surface area contributed by atoms with E-state index in [2.05, 4.69) is 17.3 Å². The van der Waals surface area contributed by atoms with Crippen LogP contribution in [0.2, 0.25) is 0 Å². The number of likely N-dealkylation sites (tertiary alicyclic amines) is 1. The smallest absolute Gasteiger partial charge is 0.243 e. The van der Waals surface area contributed by atoms with Crippen molar-refractivity contribution in [1.29, 1.82) is 0 Å². The molecule has 150 valence electrons. The highest BCUT2D eigenvalue weighted by Crippen LogP contribution is 2.25. The molecule has 1 N–H and O–H groups in total. The Morgan fingerprint density at radius 3 is 2.41 bits per heavy atom. The molecule has 3 rings (SSSR count). The lowest BCUT2D eigenvalue weighted by molar-refractivity contribution is -0.127. The van der Waals surface area contributed by atoms with Crippen molar-refractivity contribution in [3.05, 3.63) is 24.3 Å². The molecule has 2 saturated heterocycles. The third kappa shape index (κ3) is 4.80. The van der Waals surface area contributed by atoms with Gasteiger partial charge < -0.3 is 15.0 Å². The fourth-order valence-electron chi connectivity index (χ4n) is 3.74. The van der Waals surface area contributed by atoms with Gasteiger partial charge in [-0.15, -0.1) is 0 Å². The second-order valence-electron chi connectivity index (χ2n) is 7.46. The minimum absolute atomic E-state index is 0.0146. The maximum absolute atomic E-state index is 12.9. The molecular formula is C19H29N3O4S. The van der Waals surface area contributed by atoms with Crippen LogP contribution in [-0.4, -0.2) is 69.9 Å². The van der Waals surface area contributed by atoms with Crippen molar-refractivity contribution >= 4 is 15.9 Å². The quantitative estimate of drug-likeness (QED) is 0.813. The van der Waals surface area contributed by atoms with Crippen LogP contribution in [0.25, 0.3) is 0 Å². The van der Waals surface area contributed by atoms with Gasteiger partial charge in [-0.05, 0) is 70.1 Å². The topological polar surface area (TPSA) is 79.0 Å². The Balaban J connectivity index is 1.63. The second kappa shape index (κ2) is 8.58. The third-order valence-corrected chi connectivity index (χ3v) is 7.40. The SMILES string of the molecule is COc1ccc(S(=O)(=O)N2CCC[C@@H](C(=O)NC3CCN(C)CC3)C2)cc1. The zero-order valence-electron chi connectivity index (χ0n) is 16.1. The van der Waals surface area contributed by atoms with Crippen molar-refractivity contribution in [2.75, 3.05) is 40.3 Å².